The molecule has 0 aliphatic heterocycles. The number of benzene rings is 1. The first-order valence-electron chi connectivity index (χ1n) is 6.53. The fourth-order valence-corrected chi connectivity index (χ4v) is 2.18. The maximum atomic E-state index is 5.75. The molecule has 5 heteroatoms. The maximum absolute atomic E-state index is 5.75. The van der Waals surface area contributed by atoms with E-state index in [0.717, 1.165) is 22.5 Å². The van der Waals surface area contributed by atoms with Crippen LogP contribution in [0.1, 0.15) is 26.3 Å². The topological polar surface area (TPSA) is 39.1 Å². The summed E-state index contributed by atoms with van der Waals surface area (Å²) in [4.78, 5) is 0. The van der Waals surface area contributed by atoms with Crippen molar-refractivity contribution in [3.05, 3.63) is 40.6 Å². The van der Waals surface area contributed by atoms with Gasteiger partial charge in [0, 0.05) is 23.6 Å². The summed E-state index contributed by atoms with van der Waals surface area (Å²) in [6, 6.07) is 6.01. The number of nitrogens with one attached hydrogen (secondary N) is 1. The van der Waals surface area contributed by atoms with Gasteiger partial charge in [-0.1, -0.05) is 22.0 Å². The van der Waals surface area contributed by atoms with Crippen molar-refractivity contribution in [1.82, 2.24) is 15.1 Å². The lowest BCUT2D eigenvalue weighted by Crippen LogP contribution is -2.35. The van der Waals surface area contributed by atoms with E-state index in [1.807, 2.05) is 25.4 Å². The molecule has 0 unspecified atom stereocenters. The summed E-state index contributed by atoms with van der Waals surface area (Å²) in [6.45, 7) is 7.28. The number of nitrogens with zero attached hydrogens (tertiary/aromatic N) is 2. The number of aromatic nitrogens is 2. The maximum Gasteiger partial charge on any atom is 0.165 e. The standard InChI is InChI=1S/C15H20BrN3O/c1-15(2,3)17-8-11-5-6-12(7-14(11)16)20-13-9-18-19(4)10-13/h5-7,9-10,17H,8H2,1-4H3. The highest BCUT2D eigenvalue weighted by Crippen LogP contribution is 2.27. The second-order valence-corrected chi connectivity index (χ2v) is 6.66. The van der Waals surface area contributed by atoms with E-state index in [9.17, 15) is 0 Å². The minimum Gasteiger partial charge on any atom is -0.454 e. The van der Waals surface area contributed by atoms with Crippen molar-refractivity contribution in [1.29, 1.82) is 0 Å². The Labute approximate surface area is 128 Å². The largest absolute Gasteiger partial charge is 0.454 e. The fourth-order valence-electron chi connectivity index (χ4n) is 1.68. The van der Waals surface area contributed by atoms with Crippen LogP contribution in [0.5, 0.6) is 11.5 Å². The first kappa shape index (κ1) is 15.1. The lowest BCUT2D eigenvalue weighted by molar-refractivity contribution is 0.423. The molecule has 1 aromatic heterocycles. The van der Waals surface area contributed by atoms with Crippen molar-refractivity contribution in [2.45, 2.75) is 32.9 Å². The van der Waals surface area contributed by atoms with Gasteiger partial charge in [0.15, 0.2) is 5.75 Å². The minimum absolute atomic E-state index is 0.102. The summed E-state index contributed by atoms with van der Waals surface area (Å²) in [7, 11) is 1.87. The monoisotopic (exact) mass is 337 g/mol. The molecule has 0 aliphatic carbocycles. The molecule has 0 saturated carbocycles. The third-order valence-corrected chi connectivity index (χ3v) is 3.49. The second-order valence-electron chi connectivity index (χ2n) is 5.81. The smallest absolute Gasteiger partial charge is 0.165 e. The predicted octanol–water partition coefficient (Wildman–Crippen LogP) is 3.86. The number of hydrogen-bond acceptors (Lipinski definition) is 3. The van der Waals surface area contributed by atoms with Crippen LogP contribution in [0, 0.1) is 0 Å². The molecular weight excluding hydrogens is 318 g/mol. The van der Waals surface area contributed by atoms with Crippen molar-refractivity contribution in [2.24, 2.45) is 7.05 Å². The molecule has 0 fully saturated rings. The van der Waals surface area contributed by atoms with E-state index in [1.54, 1.807) is 10.9 Å². The summed E-state index contributed by atoms with van der Waals surface area (Å²) in [6.07, 6.45) is 3.53. The zero-order valence-electron chi connectivity index (χ0n) is 12.3. The molecule has 1 aromatic carbocycles. The minimum atomic E-state index is 0.102. The van der Waals surface area contributed by atoms with Crippen molar-refractivity contribution >= 4 is 15.9 Å². The first-order chi connectivity index (χ1) is 9.33. The van der Waals surface area contributed by atoms with Crippen LogP contribution >= 0.6 is 15.9 Å². The van der Waals surface area contributed by atoms with Crippen LogP contribution in [0.25, 0.3) is 0 Å². The van der Waals surface area contributed by atoms with Gasteiger partial charge in [-0.3, -0.25) is 4.68 Å². The third-order valence-electron chi connectivity index (χ3n) is 2.75. The Hall–Kier alpha value is -1.33. The highest BCUT2D eigenvalue weighted by atomic mass is 79.9. The van der Waals surface area contributed by atoms with E-state index in [1.165, 1.54) is 5.56 Å². The van der Waals surface area contributed by atoms with E-state index < -0.39 is 0 Å². The van der Waals surface area contributed by atoms with Gasteiger partial charge >= 0.3 is 0 Å². The lowest BCUT2D eigenvalue weighted by Gasteiger charge is -2.21. The molecule has 0 radical (unpaired) electrons. The second kappa shape index (κ2) is 5.97. The van der Waals surface area contributed by atoms with E-state index in [0.29, 0.717) is 0 Å². The molecule has 0 amide bonds. The molecule has 108 valence electrons. The van der Waals surface area contributed by atoms with Crippen molar-refractivity contribution in [2.75, 3.05) is 0 Å². The zero-order chi connectivity index (χ0) is 14.8. The highest BCUT2D eigenvalue weighted by Gasteiger charge is 2.10. The number of halogens is 1. The van der Waals surface area contributed by atoms with Crippen LogP contribution in [0.4, 0.5) is 0 Å². The van der Waals surface area contributed by atoms with Crippen molar-refractivity contribution in [3.63, 3.8) is 0 Å². The predicted molar refractivity (Wildman–Crippen MR) is 84.0 cm³/mol. The van der Waals surface area contributed by atoms with Crippen LogP contribution in [0.15, 0.2) is 35.1 Å². The van der Waals surface area contributed by atoms with Crippen LogP contribution in [-0.2, 0) is 13.6 Å². The summed E-state index contributed by atoms with van der Waals surface area (Å²) in [5.74, 6) is 1.53. The number of hydrogen-bond donors (Lipinski definition) is 1. The molecule has 4 nitrogen and oxygen atoms in total. The Balaban J connectivity index is 2.05. The molecule has 0 spiro atoms. The van der Waals surface area contributed by atoms with Crippen LogP contribution in [0.3, 0.4) is 0 Å². The SMILES string of the molecule is Cn1cc(Oc2ccc(CNC(C)(C)C)c(Br)c2)cn1. The molecule has 1 heterocycles. The molecule has 0 bridgehead atoms. The summed E-state index contributed by atoms with van der Waals surface area (Å²) < 4.78 is 8.50. The van der Waals surface area contributed by atoms with Gasteiger partial charge < -0.3 is 10.1 Å². The van der Waals surface area contributed by atoms with Gasteiger partial charge in [0.05, 0.1) is 12.4 Å². The van der Waals surface area contributed by atoms with Crippen LogP contribution < -0.4 is 10.1 Å². The Bertz CT molecular complexity index is 587. The summed E-state index contributed by atoms with van der Waals surface area (Å²) >= 11 is 3.59. The average Bonchev–Trinajstić information content (AvgIpc) is 2.72. The van der Waals surface area contributed by atoms with E-state index >= 15 is 0 Å². The van der Waals surface area contributed by atoms with Crippen LogP contribution in [-0.4, -0.2) is 15.3 Å². The van der Waals surface area contributed by atoms with Gasteiger partial charge in [-0.25, -0.2) is 0 Å². The van der Waals surface area contributed by atoms with Gasteiger partial charge in [-0.05, 0) is 38.5 Å². The molecule has 0 saturated heterocycles. The Morgan fingerprint density at radius 3 is 2.60 bits per heavy atom. The summed E-state index contributed by atoms with van der Waals surface area (Å²) in [5.41, 5.74) is 1.31. The van der Waals surface area contributed by atoms with E-state index in [-0.39, 0.29) is 5.54 Å². The number of ether oxygens (including phenoxy) is 1. The molecule has 2 aromatic rings. The highest BCUT2D eigenvalue weighted by molar-refractivity contribution is 9.10. The Morgan fingerprint density at radius 1 is 1.30 bits per heavy atom. The molecular formula is C15H20BrN3O. The van der Waals surface area contributed by atoms with Gasteiger partial charge in [-0.15, -0.1) is 0 Å². The average molecular weight is 338 g/mol. The molecule has 20 heavy (non-hydrogen) atoms. The molecule has 1 N–H and O–H groups in total. The van der Waals surface area contributed by atoms with Gasteiger partial charge in [0.25, 0.3) is 0 Å². The molecule has 0 atom stereocenters. The van der Waals surface area contributed by atoms with Crippen molar-refractivity contribution in [3.8, 4) is 11.5 Å². The summed E-state index contributed by atoms with van der Waals surface area (Å²) in [5, 5.41) is 7.55. The quantitative estimate of drug-likeness (QED) is 0.920. The van der Waals surface area contributed by atoms with Gasteiger partial charge in [0.1, 0.15) is 5.75 Å². The van der Waals surface area contributed by atoms with E-state index in [4.69, 9.17) is 4.74 Å². The van der Waals surface area contributed by atoms with Gasteiger partial charge in [-0.2, -0.15) is 5.10 Å². The normalized spacial score (nSPS) is 11.7. The van der Waals surface area contributed by atoms with Crippen LogP contribution in [0.2, 0.25) is 0 Å². The van der Waals surface area contributed by atoms with Gasteiger partial charge in [0.2, 0.25) is 0 Å². The van der Waals surface area contributed by atoms with E-state index in [2.05, 4.69) is 53.2 Å². The Kier molecular flexibility index (Phi) is 4.50. The van der Waals surface area contributed by atoms with Crippen molar-refractivity contribution < 1.29 is 4.74 Å². The Morgan fingerprint density at radius 2 is 2.05 bits per heavy atom. The molecule has 0 aliphatic rings. The number of aryl methyl sites for hydroxylation is 1. The third kappa shape index (κ3) is 4.35. The first-order valence-corrected chi connectivity index (χ1v) is 7.33. The zero-order valence-corrected chi connectivity index (χ0v) is 13.9. The number of rotatable bonds is 4. The lowest BCUT2D eigenvalue weighted by atomic mass is 10.1. The fraction of sp³-hybridized carbons (Fsp3) is 0.400. The molecule has 2 rings (SSSR count).